The van der Waals surface area contributed by atoms with Crippen LogP contribution in [0.1, 0.15) is 11.1 Å². The predicted molar refractivity (Wildman–Crippen MR) is 86.7 cm³/mol. The third-order valence-corrected chi connectivity index (χ3v) is 3.32. The number of anilines is 1. The summed E-state index contributed by atoms with van der Waals surface area (Å²) in [7, 11) is 7.20. The van der Waals surface area contributed by atoms with Crippen LogP contribution >= 0.6 is 0 Å². The van der Waals surface area contributed by atoms with Crippen LogP contribution in [0.15, 0.2) is 18.2 Å². The molecule has 5 heteroatoms. The molecule has 0 aliphatic carbocycles. The molecular weight excluding hydrogens is 266 g/mol. The van der Waals surface area contributed by atoms with E-state index in [1.807, 2.05) is 11.9 Å². The standard InChI is InChI=1S/C16H27N3O2/c1-13-6-7-15(19(4)12-16(20)18(2)3)14(10-13)11-17-8-9-21-5/h6-7,10,17H,8-9,11-12H2,1-5H3. The van der Waals surface area contributed by atoms with Crippen LogP contribution < -0.4 is 10.2 Å². The molecule has 0 unspecified atom stereocenters. The molecule has 0 saturated carbocycles. The molecule has 0 radical (unpaired) electrons. The largest absolute Gasteiger partial charge is 0.383 e. The average molecular weight is 293 g/mol. The molecule has 0 fully saturated rings. The summed E-state index contributed by atoms with van der Waals surface area (Å²) in [4.78, 5) is 15.5. The van der Waals surface area contributed by atoms with Crippen LogP contribution in [0.2, 0.25) is 0 Å². The first kappa shape index (κ1) is 17.5. The lowest BCUT2D eigenvalue weighted by atomic mass is 10.1. The Hall–Kier alpha value is -1.59. The van der Waals surface area contributed by atoms with E-state index in [1.165, 1.54) is 11.1 Å². The number of carbonyl (C=O) groups excluding carboxylic acids is 1. The van der Waals surface area contributed by atoms with E-state index in [0.29, 0.717) is 13.2 Å². The van der Waals surface area contributed by atoms with Gasteiger partial charge in [0.25, 0.3) is 0 Å². The number of amides is 1. The minimum atomic E-state index is 0.0939. The molecular formula is C16H27N3O2. The maximum absolute atomic E-state index is 11.9. The predicted octanol–water partition coefficient (Wildman–Crippen LogP) is 1.26. The van der Waals surface area contributed by atoms with E-state index < -0.39 is 0 Å². The molecule has 21 heavy (non-hydrogen) atoms. The Labute approximate surface area is 127 Å². The second-order valence-electron chi connectivity index (χ2n) is 5.45. The fourth-order valence-corrected chi connectivity index (χ4v) is 2.06. The summed E-state index contributed by atoms with van der Waals surface area (Å²) in [5, 5.41) is 3.35. The van der Waals surface area contributed by atoms with Crippen LogP contribution in [-0.2, 0) is 16.1 Å². The van der Waals surface area contributed by atoms with Gasteiger partial charge in [-0.3, -0.25) is 4.79 Å². The second-order valence-corrected chi connectivity index (χ2v) is 5.45. The van der Waals surface area contributed by atoms with Crippen LogP contribution in [-0.4, -0.2) is 58.8 Å². The Morgan fingerprint density at radius 2 is 2.00 bits per heavy atom. The van der Waals surface area contributed by atoms with E-state index in [1.54, 1.807) is 26.1 Å². The summed E-state index contributed by atoms with van der Waals surface area (Å²) in [5.74, 6) is 0.0939. The minimum Gasteiger partial charge on any atom is -0.383 e. The average Bonchev–Trinajstić information content (AvgIpc) is 2.43. The Morgan fingerprint density at radius 1 is 1.29 bits per heavy atom. The van der Waals surface area contributed by atoms with Crippen molar-refractivity contribution in [3.05, 3.63) is 29.3 Å². The number of carbonyl (C=O) groups is 1. The Bertz CT molecular complexity index is 461. The molecule has 0 saturated heterocycles. The maximum Gasteiger partial charge on any atom is 0.241 e. The fraction of sp³-hybridized carbons (Fsp3) is 0.562. The number of benzene rings is 1. The molecule has 0 spiro atoms. The van der Waals surface area contributed by atoms with Gasteiger partial charge in [-0.15, -0.1) is 0 Å². The summed E-state index contributed by atoms with van der Waals surface area (Å²) in [6, 6.07) is 6.31. The van der Waals surface area contributed by atoms with Crippen molar-refractivity contribution < 1.29 is 9.53 Å². The van der Waals surface area contributed by atoms with E-state index in [-0.39, 0.29) is 5.91 Å². The minimum absolute atomic E-state index is 0.0939. The number of hydrogen-bond donors (Lipinski definition) is 1. The van der Waals surface area contributed by atoms with Crippen molar-refractivity contribution in [1.82, 2.24) is 10.2 Å². The monoisotopic (exact) mass is 293 g/mol. The molecule has 118 valence electrons. The van der Waals surface area contributed by atoms with Gasteiger partial charge in [-0.2, -0.15) is 0 Å². The third kappa shape index (κ3) is 5.73. The number of ether oxygens (including phenoxy) is 1. The zero-order valence-corrected chi connectivity index (χ0v) is 13.8. The number of nitrogens with one attached hydrogen (secondary N) is 1. The summed E-state index contributed by atoms with van der Waals surface area (Å²) < 4.78 is 5.04. The summed E-state index contributed by atoms with van der Waals surface area (Å²) >= 11 is 0. The number of methoxy groups -OCH3 is 1. The molecule has 0 heterocycles. The normalized spacial score (nSPS) is 10.5. The lowest BCUT2D eigenvalue weighted by Crippen LogP contribution is -2.35. The van der Waals surface area contributed by atoms with Crippen molar-refractivity contribution in [3.63, 3.8) is 0 Å². The summed E-state index contributed by atoms with van der Waals surface area (Å²) in [6.07, 6.45) is 0. The van der Waals surface area contributed by atoms with E-state index in [4.69, 9.17) is 4.74 Å². The van der Waals surface area contributed by atoms with Gasteiger partial charge in [0, 0.05) is 47.0 Å². The molecule has 1 aromatic rings. The molecule has 5 nitrogen and oxygen atoms in total. The molecule has 0 aliphatic heterocycles. The lowest BCUT2D eigenvalue weighted by Gasteiger charge is -2.24. The van der Waals surface area contributed by atoms with Gasteiger partial charge in [-0.25, -0.2) is 0 Å². The molecule has 1 rings (SSSR count). The van der Waals surface area contributed by atoms with Gasteiger partial charge >= 0.3 is 0 Å². The molecule has 1 N–H and O–H groups in total. The van der Waals surface area contributed by atoms with Gasteiger partial charge in [0.15, 0.2) is 0 Å². The van der Waals surface area contributed by atoms with Crippen LogP contribution in [0.25, 0.3) is 0 Å². The highest BCUT2D eigenvalue weighted by molar-refractivity contribution is 5.81. The highest BCUT2D eigenvalue weighted by atomic mass is 16.5. The van der Waals surface area contributed by atoms with Crippen molar-refractivity contribution in [3.8, 4) is 0 Å². The van der Waals surface area contributed by atoms with Gasteiger partial charge < -0.3 is 19.9 Å². The fourth-order valence-electron chi connectivity index (χ4n) is 2.06. The molecule has 0 aromatic heterocycles. The van der Waals surface area contributed by atoms with Crippen LogP contribution in [0.5, 0.6) is 0 Å². The van der Waals surface area contributed by atoms with E-state index >= 15 is 0 Å². The number of aryl methyl sites for hydroxylation is 1. The zero-order valence-electron chi connectivity index (χ0n) is 13.8. The van der Waals surface area contributed by atoms with Crippen LogP contribution in [0.3, 0.4) is 0 Å². The first-order valence-corrected chi connectivity index (χ1v) is 7.16. The van der Waals surface area contributed by atoms with E-state index in [2.05, 4.69) is 30.4 Å². The quantitative estimate of drug-likeness (QED) is 0.733. The van der Waals surface area contributed by atoms with Gasteiger partial charge in [0.05, 0.1) is 13.2 Å². The van der Waals surface area contributed by atoms with Crippen molar-refractivity contribution >= 4 is 11.6 Å². The Morgan fingerprint density at radius 3 is 2.62 bits per heavy atom. The number of hydrogen-bond acceptors (Lipinski definition) is 4. The van der Waals surface area contributed by atoms with Gasteiger partial charge in [-0.1, -0.05) is 17.7 Å². The van der Waals surface area contributed by atoms with Gasteiger partial charge in [0.2, 0.25) is 5.91 Å². The second kappa shape index (κ2) is 8.64. The van der Waals surface area contributed by atoms with E-state index in [9.17, 15) is 4.79 Å². The first-order chi connectivity index (χ1) is 9.95. The number of rotatable bonds is 8. The molecule has 1 aromatic carbocycles. The summed E-state index contributed by atoms with van der Waals surface area (Å²) in [5.41, 5.74) is 3.50. The molecule has 1 amide bonds. The van der Waals surface area contributed by atoms with E-state index in [0.717, 1.165) is 18.8 Å². The van der Waals surface area contributed by atoms with Gasteiger partial charge in [0.1, 0.15) is 0 Å². The Balaban J connectivity index is 2.77. The number of nitrogens with zero attached hydrogens (tertiary/aromatic N) is 2. The SMILES string of the molecule is COCCNCc1cc(C)ccc1N(C)CC(=O)N(C)C. The smallest absolute Gasteiger partial charge is 0.241 e. The molecule has 0 bridgehead atoms. The summed E-state index contributed by atoms with van der Waals surface area (Å²) in [6.45, 7) is 4.72. The molecule has 0 atom stereocenters. The highest BCUT2D eigenvalue weighted by Crippen LogP contribution is 2.21. The van der Waals surface area contributed by atoms with Crippen LogP contribution in [0.4, 0.5) is 5.69 Å². The highest BCUT2D eigenvalue weighted by Gasteiger charge is 2.12. The maximum atomic E-state index is 11.9. The van der Waals surface area contributed by atoms with Crippen molar-refractivity contribution in [1.29, 1.82) is 0 Å². The van der Waals surface area contributed by atoms with Crippen molar-refractivity contribution in [2.75, 3.05) is 52.8 Å². The van der Waals surface area contributed by atoms with Crippen molar-refractivity contribution in [2.45, 2.75) is 13.5 Å². The third-order valence-electron chi connectivity index (χ3n) is 3.32. The zero-order chi connectivity index (χ0) is 15.8. The lowest BCUT2D eigenvalue weighted by molar-refractivity contribution is -0.127. The van der Waals surface area contributed by atoms with Gasteiger partial charge in [-0.05, 0) is 18.6 Å². The Kier molecular flexibility index (Phi) is 7.19. The number of likely N-dealkylation sites (N-methyl/N-ethyl adjacent to an activating group) is 2. The van der Waals surface area contributed by atoms with Crippen molar-refractivity contribution in [2.24, 2.45) is 0 Å². The first-order valence-electron chi connectivity index (χ1n) is 7.16. The van der Waals surface area contributed by atoms with Crippen LogP contribution in [0, 0.1) is 6.92 Å². The molecule has 0 aliphatic rings. The topological polar surface area (TPSA) is 44.8 Å².